The van der Waals surface area contributed by atoms with Gasteiger partial charge in [-0.3, -0.25) is 0 Å². The maximum atomic E-state index is 11.1. The molecule has 0 atom stereocenters. The van der Waals surface area contributed by atoms with E-state index in [1.54, 1.807) is 17.8 Å². The maximum Gasteiger partial charge on any atom is 0.347 e. The summed E-state index contributed by atoms with van der Waals surface area (Å²) < 4.78 is 5.56. The molecule has 0 aliphatic rings. The zero-order valence-corrected chi connectivity index (χ0v) is 14.8. The molecule has 116 valence electrons. The van der Waals surface area contributed by atoms with E-state index in [-0.39, 0.29) is 0 Å². The van der Waals surface area contributed by atoms with Gasteiger partial charge in [-0.1, -0.05) is 45.9 Å². The third-order valence-electron chi connectivity index (χ3n) is 3.01. The van der Waals surface area contributed by atoms with E-state index < -0.39 is 11.6 Å². The lowest BCUT2D eigenvalue weighted by molar-refractivity contribution is -0.152. The maximum absolute atomic E-state index is 11.1. The van der Waals surface area contributed by atoms with E-state index in [4.69, 9.17) is 9.84 Å². The molecule has 22 heavy (non-hydrogen) atoms. The van der Waals surface area contributed by atoms with Gasteiger partial charge < -0.3 is 9.84 Å². The smallest absolute Gasteiger partial charge is 0.347 e. The molecule has 0 aliphatic carbocycles. The molecule has 2 rings (SSSR count). The largest absolute Gasteiger partial charge is 0.478 e. The molecule has 0 unspecified atom stereocenters. The number of aliphatic carboxylic acids is 1. The van der Waals surface area contributed by atoms with E-state index in [0.29, 0.717) is 5.75 Å². The van der Waals surface area contributed by atoms with E-state index in [0.717, 1.165) is 15.1 Å². The monoisotopic (exact) mass is 380 g/mol. The van der Waals surface area contributed by atoms with E-state index >= 15 is 0 Å². The topological polar surface area (TPSA) is 46.5 Å². The summed E-state index contributed by atoms with van der Waals surface area (Å²) in [7, 11) is 0. The van der Waals surface area contributed by atoms with Gasteiger partial charge in [0.1, 0.15) is 5.75 Å². The van der Waals surface area contributed by atoms with Crippen molar-refractivity contribution in [2.24, 2.45) is 0 Å². The van der Waals surface area contributed by atoms with Gasteiger partial charge in [0.2, 0.25) is 0 Å². The highest BCUT2D eigenvalue weighted by molar-refractivity contribution is 9.08. The van der Waals surface area contributed by atoms with E-state index in [1.807, 2.05) is 18.2 Å². The van der Waals surface area contributed by atoms with Gasteiger partial charge in [0.25, 0.3) is 0 Å². The fourth-order valence-corrected chi connectivity index (χ4v) is 2.96. The van der Waals surface area contributed by atoms with Gasteiger partial charge in [0.05, 0.1) is 0 Å². The molecule has 0 fully saturated rings. The molecule has 3 nitrogen and oxygen atoms in total. The first-order valence-corrected chi connectivity index (χ1v) is 8.70. The van der Waals surface area contributed by atoms with Crippen LogP contribution >= 0.6 is 27.7 Å². The number of hydrogen-bond acceptors (Lipinski definition) is 3. The summed E-state index contributed by atoms with van der Waals surface area (Å²) in [5, 5.41) is 9.96. The van der Waals surface area contributed by atoms with E-state index in [9.17, 15) is 4.79 Å². The lowest BCUT2D eigenvalue weighted by Crippen LogP contribution is -2.37. The fourth-order valence-electron chi connectivity index (χ4n) is 1.72. The summed E-state index contributed by atoms with van der Waals surface area (Å²) >= 11 is 5.04. The molecular weight excluding hydrogens is 364 g/mol. The third-order valence-corrected chi connectivity index (χ3v) is 4.65. The first kappa shape index (κ1) is 16.9. The fraction of sp³-hybridized carbons (Fsp3) is 0.235. The van der Waals surface area contributed by atoms with Crippen molar-refractivity contribution in [1.29, 1.82) is 0 Å². The third kappa shape index (κ3) is 4.52. The molecule has 0 aromatic heterocycles. The van der Waals surface area contributed by atoms with Crippen LogP contribution in [-0.4, -0.2) is 16.7 Å². The number of benzene rings is 2. The minimum atomic E-state index is -1.25. The van der Waals surface area contributed by atoms with Crippen LogP contribution in [-0.2, 0) is 10.1 Å². The molecule has 0 aliphatic heterocycles. The Balaban J connectivity index is 2.12. The van der Waals surface area contributed by atoms with Crippen molar-refractivity contribution in [3.8, 4) is 5.75 Å². The van der Waals surface area contributed by atoms with Crippen LogP contribution < -0.4 is 4.74 Å². The minimum Gasteiger partial charge on any atom is -0.478 e. The van der Waals surface area contributed by atoms with E-state index in [2.05, 4.69) is 40.2 Å². The molecule has 0 radical (unpaired) electrons. The molecule has 0 spiro atoms. The Morgan fingerprint density at radius 1 is 1.18 bits per heavy atom. The highest BCUT2D eigenvalue weighted by Gasteiger charge is 2.29. The molecule has 0 saturated carbocycles. The molecule has 0 saturated heterocycles. The van der Waals surface area contributed by atoms with Crippen molar-refractivity contribution in [3.05, 3.63) is 54.1 Å². The second-order valence-corrected chi connectivity index (χ2v) is 6.98. The average Bonchev–Trinajstić information content (AvgIpc) is 2.48. The summed E-state index contributed by atoms with van der Waals surface area (Å²) in [5.41, 5.74) is -0.0227. The quantitative estimate of drug-likeness (QED) is 0.718. The lowest BCUT2D eigenvalue weighted by Gasteiger charge is -2.21. The molecule has 0 heterocycles. The Bertz CT molecular complexity index is 653. The summed E-state index contributed by atoms with van der Waals surface area (Å²) in [5.74, 6) is -0.439. The molecular formula is C17H17BrO3S. The second-order valence-electron chi connectivity index (χ2n) is 5.27. The van der Waals surface area contributed by atoms with Crippen molar-refractivity contribution >= 4 is 33.7 Å². The molecule has 2 aromatic rings. The van der Waals surface area contributed by atoms with Crippen molar-refractivity contribution in [1.82, 2.24) is 0 Å². The van der Waals surface area contributed by atoms with Crippen LogP contribution in [0.15, 0.2) is 58.3 Å². The van der Waals surface area contributed by atoms with Gasteiger partial charge in [-0.15, -0.1) is 0 Å². The minimum absolute atomic E-state index is 0.550. The predicted molar refractivity (Wildman–Crippen MR) is 92.0 cm³/mol. The Labute approximate surface area is 142 Å². The van der Waals surface area contributed by atoms with Gasteiger partial charge in [-0.25, -0.2) is 4.79 Å². The van der Waals surface area contributed by atoms with Gasteiger partial charge in [-0.2, -0.15) is 0 Å². The Morgan fingerprint density at radius 2 is 1.86 bits per heavy atom. The number of carboxylic acid groups (broad SMARTS) is 1. The molecule has 0 amide bonds. The van der Waals surface area contributed by atoms with Crippen LogP contribution in [0.2, 0.25) is 0 Å². The predicted octanol–water partition coefficient (Wildman–Crippen LogP) is 4.97. The van der Waals surface area contributed by atoms with Crippen LogP contribution in [0.5, 0.6) is 5.75 Å². The Morgan fingerprint density at radius 3 is 2.45 bits per heavy atom. The van der Waals surface area contributed by atoms with Gasteiger partial charge in [0, 0.05) is 15.1 Å². The van der Waals surface area contributed by atoms with Crippen LogP contribution in [0.4, 0.5) is 0 Å². The molecule has 1 N–H and O–H groups in total. The van der Waals surface area contributed by atoms with Crippen molar-refractivity contribution in [2.45, 2.75) is 34.6 Å². The van der Waals surface area contributed by atoms with Crippen LogP contribution in [0, 0.1) is 0 Å². The Hall–Kier alpha value is -1.46. The SMILES string of the molecule is CC(C)(Oc1cccc(Sc2ccc(CBr)cc2)c1)C(=O)O. The van der Waals surface area contributed by atoms with Crippen molar-refractivity contribution < 1.29 is 14.6 Å². The van der Waals surface area contributed by atoms with Gasteiger partial charge in [0.15, 0.2) is 5.60 Å². The number of carboxylic acids is 1. The zero-order valence-electron chi connectivity index (χ0n) is 12.4. The second kappa shape index (κ2) is 7.20. The summed E-state index contributed by atoms with van der Waals surface area (Å²) in [6, 6.07) is 15.7. The molecule has 5 heteroatoms. The Kier molecular flexibility index (Phi) is 5.53. The van der Waals surface area contributed by atoms with Gasteiger partial charge in [-0.05, 0) is 49.7 Å². The summed E-state index contributed by atoms with van der Waals surface area (Å²) in [4.78, 5) is 13.3. The van der Waals surface area contributed by atoms with Crippen molar-refractivity contribution in [3.63, 3.8) is 0 Å². The normalized spacial score (nSPS) is 11.2. The number of ether oxygens (including phenoxy) is 1. The number of carbonyl (C=O) groups is 1. The number of rotatable bonds is 6. The summed E-state index contributed by atoms with van der Waals surface area (Å²) in [6.45, 7) is 3.07. The standard InChI is InChI=1S/C17H17BrO3S/c1-17(2,16(19)20)21-13-4-3-5-15(10-13)22-14-8-6-12(11-18)7-9-14/h3-10H,11H2,1-2H3,(H,19,20). The van der Waals surface area contributed by atoms with Crippen molar-refractivity contribution in [2.75, 3.05) is 0 Å². The van der Waals surface area contributed by atoms with E-state index in [1.165, 1.54) is 19.4 Å². The number of hydrogen-bond donors (Lipinski definition) is 1. The highest BCUT2D eigenvalue weighted by Crippen LogP contribution is 2.31. The summed E-state index contributed by atoms with van der Waals surface area (Å²) in [6.07, 6.45) is 0. The van der Waals surface area contributed by atoms with Gasteiger partial charge >= 0.3 is 5.97 Å². The molecule has 2 aromatic carbocycles. The van der Waals surface area contributed by atoms with Crippen LogP contribution in [0.25, 0.3) is 0 Å². The highest BCUT2D eigenvalue weighted by atomic mass is 79.9. The first-order valence-electron chi connectivity index (χ1n) is 6.76. The zero-order chi connectivity index (χ0) is 16.2. The number of alkyl halides is 1. The van der Waals surface area contributed by atoms with Crippen LogP contribution in [0.1, 0.15) is 19.4 Å². The molecule has 0 bridgehead atoms. The van der Waals surface area contributed by atoms with Crippen LogP contribution in [0.3, 0.4) is 0 Å². The number of halogens is 1. The first-order chi connectivity index (χ1) is 10.4. The lowest BCUT2D eigenvalue weighted by atomic mass is 10.1. The average molecular weight is 381 g/mol.